The molecule has 2 heterocycles. The van der Waals surface area contributed by atoms with Crippen molar-refractivity contribution in [2.24, 2.45) is 0 Å². The molecule has 0 radical (unpaired) electrons. The fraction of sp³-hybridized carbons (Fsp3) is 0.786. The van der Waals surface area contributed by atoms with Gasteiger partial charge in [-0.05, 0) is 32.7 Å². The maximum atomic E-state index is 12.0. The molecule has 2 N–H and O–H groups in total. The number of carbonyl (C=O) groups is 1. The van der Waals surface area contributed by atoms with E-state index in [4.69, 9.17) is 4.42 Å². The SMILES string of the molecule is CCNC(C)c1nnc(NCCC(=O)N2CCCCC2)o1. The van der Waals surface area contributed by atoms with Crippen molar-refractivity contribution in [1.82, 2.24) is 20.4 Å². The number of amides is 1. The van der Waals surface area contributed by atoms with Crippen LogP contribution in [0.15, 0.2) is 4.42 Å². The molecule has 1 unspecified atom stereocenters. The van der Waals surface area contributed by atoms with E-state index in [0.717, 1.165) is 32.5 Å². The van der Waals surface area contributed by atoms with Gasteiger partial charge in [-0.15, -0.1) is 5.10 Å². The molecule has 0 aliphatic carbocycles. The molecule has 21 heavy (non-hydrogen) atoms. The second-order valence-electron chi connectivity index (χ2n) is 5.34. The Balaban J connectivity index is 1.72. The molecule has 1 aliphatic heterocycles. The van der Waals surface area contributed by atoms with Gasteiger partial charge >= 0.3 is 6.01 Å². The molecular weight excluding hydrogens is 270 g/mol. The Bertz CT molecular complexity index is 442. The minimum Gasteiger partial charge on any atom is -0.406 e. The number of hydrogen-bond acceptors (Lipinski definition) is 6. The van der Waals surface area contributed by atoms with Crippen LogP contribution in [-0.2, 0) is 4.79 Å². The number of nitrogens with zero attached hydrogens (tertiary/aromatic N) is 3. The molecule has 1 saturated heterocycles. The zero-order chi connectivity index (χ0) is 15.1. The molecule has 1 atom stereocenters. The molecule has 1 fully saturated rings. The quantitative estimate of drug-likeness (QED) is 0.794. The van der Waals surface area contributed by atoms with Crippen LogP contribution < -0.4 is 10.6 Å². The monoisotopic (exact) mass is 295 g/mol. The van der Waals surface area contributed by atoms with Gasteiger partial charge in [0.05, 0.1) is 6.04 Å². The number of likely N-dealkylation sites (tertiary alicyclic amines) is 1. The molecule has 7 nitrogen and oxygen atoms in total. The minimum atomic E-state index is 0.0352. The summed E-state index contributed by atoms with van der Waals surface area (Å²) < 4.78 is 5.50. The van der Waals surface area contributed by atoms with Crippen LogP contribution in [0.5, 0.6) is 0 Å². The summed E-state index contributed by atoms with van der Waals surface area (Å²) in [6.07, 6.45) is 3.93. The smallest absolute Gasteiger partial charge is 0.315 e. The number of anilines is 1. The molecule has 1 aromatic rings. The Morgan fingerprint density at radius 1 is 1.33 bits per heavy atom. The summed E-state index contributed by atoms with van der Waals surface area (Å²) in [6, 6.07) is 0.411. The van der Waals surface area contributed by atoms with Crippen molar-refractivity contribution in [3.8, 4) is 0 Å². The summed E-state index contributed by atoms with van der Waals surface area (Å²) >= 11 is 0. The highest BCUT2D eigenvalue weighted by Crippen LogP contribution is 2.14. The van der Waals surface area contributed by atoms with Crippen molar-refractivity contribution < 1.29 is 9.21 Å². The van der Waals surface area contributed by atoms with E-state index >= 15 is 0 Å². The molecule has 1 aromatic heterocycles. The number of hydrogen-bond donors (Lipinski definition) is 2. The van der Waals surface area contributed by atoms with Gasteiger partial charge in [0.25, 0.3) is 0 Å². The lowest BCUT2D eigenvalue weighted by Crippen LogP contribution is -2.36. The number of piperidine rings is 1. The van der Waals surface area contributed by atoms with Gasteiger partial charge in [-0.2, -0.15) is 0 Å². The zero-order valence-electron chi connectivity index (χ0n) is 12.9. The van der Waals surface area contributed by atoms with Crippen LogP contribution in [0.3, 0.4) is 0 Å². The lowest BCUT2D eigenvalue weighted by atomic mass is 10.1. The molecular formula is C14H25N5O2. The van der Waals surface area contributed by atoms with Crippen molar-refractivity contribution in [1.29, 1.82) is 0 Å². The van der Waals surface area contributed by atoms with E-state index in [2.05, 4.69) is 20.8 Å². The van der Waals surface area contributed by atoms with Crippen LogP contribution in [0.4, 0.5) is 6.01 Å². The number of rotatable bonds is 7. The first-order valence-corrected chi connectivity index (χ1v) is 7.79. The Morgan fingerprint density at radius 2 is 2.10 bits per heavy atom. The van der Waals surface area contributed by atoms with Crippen molar-refractivity contribution in [2.75, 3.05) is 31.5 Å². The minimum absolute atomic E-state index is 0.0352. The van der Waals surface area contributed by atoms with Crippen molar-refractivity contribution in [3.63, 3.8) is 0 Å². The highest BCUT2D eigenvalue weighted by molar-refractivity contribution is 5.76. The largest absolute Gasteiger partial charge is 0.406 e. The molecule has 2 rings (SSSR count). The first kappa shape index (κ1) is 15.8. The van der Waals surface area contributed by atoms with E-state index in [1.165, 1.54) is 6.42 Å². The third-order valence-corrected chi connectivity index (χ3v) is 3.65. The first-order valence-electron chi connectivity index (χ1n) is 7.79. The topological polar surface area (TPSA) is 83.3 Å². The summed E-state index contributed by atoms with van der Waals surface area (Å²) in [6.45, 7) is 7.15. The molecule has 1 amide bonds. The van der Waals surface area contributed by atoms with Crippen molar-refractivity contribution in [2.45, 2.75) is 45.6 Å². The first-order chi connectivity index (χ1) is 10.2. The van der Waals surface area contributed by atoms with E-state index in [1.54, 1.807) is 0 Å². The zero-order valence-corrected chi connectivity index (χ0v) is 12.9. The van der Waals surface area contributed by atoms with Crippen LogP contribution in [0.1, 0.15) is 51.5 Å². The van der Waals surface area contributed by atoms with E-state index in [0.29, 0.717) is 24.9 Å². The maximum Gasteiger partial charge on any atom is 0.315 e. The molecule has 0 spiro atoms. The van der Waals surface area contributed by atoms with Crippen LogP contribution in [0.25, 0.3) is 0 Å². The highest BCUT2D eigenvalue weighted by atomic mass is 16.4. The highest BCUT2D eigenvalue weighted by Gasteiger charge is 2.16. The van der Waals surface area contributed by atoms with Crippen molar-refractivity contribution >= 4 is 11.9 Å². The Labute approximate surface area is 125 Å². The van der Waals surface area contributed by atoms with Gasteiger partial charge in [0, 0.05) is 26.1 Å². The van der Waals surface area contributed by atoms with Gasteiger partial charge in [0.2, 0.25) is 11.8 Å². The summed E-state index contributed by atoms with van der Waals surface area (Å²) in [7, 11) is 0. The summed E-state index contributed by atoms with van der Waals surface area (Å²) in [4.78, 5) is 13.9. The van der Waals surface area contributed by atoms with Gasteiger partial charge in [-0.1, -0.05) is 12.0 Å². The van der Waals surface area contributed by atoms with Gasteiger partial charge in [0.15, 0.2) is 0 Å². The lowest BCUT2D eigenvalue weighted by Gasteiger charge is -2.26. The van der Waals surface area contributed by atoms with Crippen LogP contribution in [-0.4, -0.2) is 47.2 Å². The molecule has 7 heteroatoms. The second kappa shape index (κ2) is 7.97. The van der Waals surface area contributed by atoms with Crippen molar-refractivity contribution in [3.05, 3.63) is 5.89 Å². The third kappa shape index (κ3) is 4.70. The Kier molecular flexibility index (Phi) is 5.98. The lowest BCUT2D eigenvalue weighted by molar-refractivity contribution is -0.131. The summed E-state index contributed by atoms with van der Waals surface area (Å²) in [5, 5.41) is 14.1. The summed E-state index contributed by atoms with van der Waals surface area (Å²) in [5.74, 6) is 0.754. The standard InChI is InChI=1S/C14H25N5O2/c1-3-15-11(2)13-17-18-14(21-13)16-8-7-12(20)19-9-5-4-6-10-19/h11,15H,3-10H2,1-2H3,(H,16,18). The van der Waals surface area contributed by atoms with Gasteiger partial charge in [-0.3, -0.25) is 4.79 Å². The van der Waals surface area contributed by atoms with Crippen LogP contribution >= 0.6 is 0 Å². The molecule has 118 valence electrons. The predicted molar refractivity (Wildman–Crippen MR) is 79.9 cm³/mol. The predicted octanol–water partition coefficient (Wildman–Crippen LogP) is 1.55. The van der Waals surface area contributed by atoms with E-state index in [9.17, 15) is 4.79 Å². The normalized spacial score (nSPS) is 16.8. The third-order valence-electron chi connectivity index (χ3n) is 3.65. The Hall–Kier alpha value is -1.63. The maximum absolute atomic E-state index is 12.0. The Morgan fingerprint density at radius 3 is 2.81 bits per heavy atom. The van der Waals surface area contributed by atoms with E-state index < -0.39 is 0 Å². The fourth-order valence-corrected chi connectivity index (χ4v) is 2.45. The molecule has 1 aliphatic rings. The van der Waals surface area contributed by atoms with E-state index in [1.807, 2.05) is 18.7 Å². The summed E-state index contributed by atoms with van der Waals surface area (Å²) in [5.41, 5.74) is 0. The molecule has 0 saturated carbocycles. The average molecular weight is 295 g/mol. The van der Waals surface area contributed by atoms with Crippen LogP contribution in [0.2, 0.25) is 0 Å². The fourth-order valence-electron chi connectivity index (χ4n) is 2.45. The van der Waals surface area contributed by atoms with Gasteiger partial charge in [0.1, 0.15) is 0 Å². The number of aromatic nitrogens is 2. The second-order valence-corrected chi connectivity index (χ2v) is 5.34. The van der Waals surface area contributed by atoms with Crippen LogP contribution in [0, 0.1) is 0 Å². The van der Waals surface area contributed by atoms with Gasteiger partial charge < -0.3 is 20.0 Å². The molecule has 0 bridgehead atoms. The molecule has 0 aromatic carbocycles. The average Bonchev–Trinajstić information content (AvgIpc) is 2.97. The number of carbonyl (C=O) groups excluding carboxylic acids is 1. The van der Waals surface area contributed by atoms with Gasteiger partial charge in [-0.25, -0.2) is 0 Å². The van der Waals surface area contributed by atoms with E-state index in [-0.39, 0.29) is 11.9 Å². The number of nitrogens with one attached hydrogen (secondary N) is 2.